The van der Waals surface area contributed by atoms with Gasteiger partial charge in [-0.25, -0.2) is 0 Å². The first-order chi connectivity index (χ1) is 9.60. The molecule has 0 spiro atoms. The van der Waals surface area contributed by atoms with E-state index in [9.17, 15) is 0 Å². The summed E-state index contributed by atoms with van der Waals surface area (Å²) >= 11 is 0. The first-order valence-corrected chi connectivity index (χ1v) is 6.45. The third kappa shape index (κ3) is 4.40. The highest BCUT2D eigenvalue weighted by atomic mass is 14.9. The number of nitrogens with one attached hydrogen (secondary N) is 3. The number of para-hydroxylation sites is 1. The van der Waals surface area contributed by atoms with Gasteiger partial charge in [0.25, 0.3) is 0 Å². The van der Waals surface area contributed by atoms with Crippen LogP contribution in [0.25, 0.3) is 0 Å². The molecule has 0 aliphatic rings. The molecule has 0 radical (unpaired) electrons. The Kier molecular flexibility index (Phi) is 6.26. The normalized spacial score (nSPS) is 11.9. The quantitative estimate of drug-likeness (QED) is 0.454. The molecule has 0 unspecified atom stereocenters. The van der Waals surface area contributed by atoms with Crippen molar-refractivity contribution in [1.29, 1.82) is 5.41 Å². The Morgan fingerprint density at radius 3 is 2.55 bits per heavy atom. The van der Waals surface area contributed by atoms with E-state index in [0.29, 0.717) is 23.5 Å². The van der Waals surface area contributed by atoms with E-state index in [-0.39, 0.29) is 0 Å². The maximum atomic E-state index is 8.26. The first-order valence-electron chi connectivity index (χ1n) is 6.45. The van der Waals surface area contributed by atoms with E-state index in [1.807, 2.05) is 50.5 Å². The highest BCUT2D eigenvalue weighted by Gasteiger charge is 2.10. The number of nitrogens with two attached hydrogens (primary N) is 1. The standard InChI is InChI=1S/C16H22N4/c1-12(11-19-3)13(2)16(18)15(9-10-17)20-14-7-5-4-6-8-14/h4-9,11,18-20H,2,10,17H2,1,3H3/b12-11-,15-9-,18-16?. The van der Waals surface area contributed by atoms with Gasteiger partial charge in [-0.05, 0) is 42.5 Å². The third-order valence-corrected chi connectivity index (χ3v) is 2.78. The monoisotopic (exact) mass is 270 g/mol. The predicted octanol–water partition coefficient (Wildman–Crippen LogP) is 2.64. The van der Waals surface area contributed by atoms with Crippen LogP contribution in [-0.2, 0) is 0 Å². The summed E-state index contributed by atoms with van der Waals surface area (Å²) in [5.41, 5.74) is 9.07. The molecule has 0 heterocycles. The first kappa shape index (κ1) is 15.7. The maximum absolute atomic E-state index is 8.26. The number of rotatable bonds is 7. The minimum atomic E-state index is 0.336. The van der Waals surface area contributed by atoms with E-state index in [1.54, 1.807) is 6.08 Å². The topological polar surface area (TPSA) is 73.9 Å². The van der Waals surface area contributed by atoms with Crippen LogP contribution in [-0.4, -0.2) is 19.3 Å². The van der Waals surface area contributed by atoms with Gasteiger partial charge in [-0.2, -0.15) is 0 Å². The molecule has 1 rings (SSSR count). The summed E-state index contributed by atoms with van der Waals surface area (Å²) in [6.45, 7) is 6.24. The Balaban J connectivity index is 2.92. The van der Waals surface area contributed by atoms with Crippen LogP contribution in [0.15, 0.2) is 66.0 Å². The molecule has 4 heteroatoms. The Morgan fingerprint density at radius 2 is 2.00 bits per heavy atom. The second kappa shape index (κ2) is 7.96. The van der Waals surface area contributed by atoms with Crippen molar-refractivity contribution in [3.05, 3.63) is 66.0 Å². The Bertz CT molecular complexity index is 527. The average Bonchev–Trinajstić information content (AvgIpc) is 2.46. The lowest BCUT2D eigenvalue weighted by Crippen LogP contribution is -2.15. The summed E-state index contributed by atoms with van der Waals surface area (Å²) < 4.78 is 0. The average molecular weight is 270 g/mol. The number of benzene rings is 1. The highest BCUT2D eigenvalue weighted by Crippen LogP contribution is 2.16. The molecule has 0 aromatic heterocycles. The molecule has 0 amide bonds. The van der Waals surface area contributed by atoms with Crippen molar-refractivity contribution in [1.82, 2.24) is 5.32 Å². The number of anilines is 1. The third-order valence-electron chi connectivity index (χ3n) is 2.78. The van der Waals surface area contributed by atoms with Gasteiger partial charge < -0.3 is 16.4 Å². The lowest BCUT2D eigenvalue weighted by atomic mass is 10.0. The Hall–Kier alpha value is -2.33. The Labute approximate surface area is 120 Å². The van der Waals surface area contributed by atoms with E-state index in [4.69, 9.17) is 11.1 Å². The summed E-state index contributed by atoms with van der Waals surface area (Å²) in [7, 11) is 1.82. The molecule has 0 saturated heterocycles. The second-order valence-corrected chi connectivity index (χ2v) is 4.31. The highest BCUT2D eigenvalue weighted by molar-refractivity contribution is 6.14. The molecule has 0 bridgehead atoms. The zero-order valence-electron chi connectivity index (χ0n) is 12.0. The zero-order chi connectivity index (χ0) is 15.0. The Morgan fingerprint density at radius 1 is 1.35 bits per heavy atom. The van der Waals surface area contributed by atoms with E-state index in [0.717, 1.165) is 11.3 Å². The van der Waals surface area contributed by atoms with Gasteiger partial charge in [0.15, 0.2) is 0 Å². The fourth-order valence-corrected chi connectivity index (χ4v) is 1.67. The molecule has 0 aliphatic carbocycles. The molecule has 1 aromatic carbocycles. The SMILES string of the molecule is C=C(C(=N)/C(=C/CN)Nc1ccccc1)/C(C)=C\NC. The van der Waals surface area contributed by atoms with Gasteiger partial charge in [-0.3, -0.25) is 5.41 Å². The number of allylic oxidation sites excluding steroid dienone is 2. The lowest BCUT2D eigenvalue weighted by Gasteiger charge is -2.15. The zero-order valence-corrected chi connectivity index (χ0v) is 12.0. The van der Waals surface area contributed by atoms with Crippen LogP contribution in [0.5, 0.6) is 0 Å². The van der Waals surface area contributed by atoms with Crippen LogP contribution in [0.1, 0.15) is 6.92 Å². The van der Waals surface area contributed by atoms with Crippen LogP contribution in [0.2, 0.25) is 0 Å². The van der Waals surface area contributed by atoms with Crippen molar-refractivity contribution < 1.29 is 0 Å². The van der Waals surface area contributed by atoms with Crippen LogP contribution < -0.4 is 16.4 Å². The van der Waals surface area contributed by atoms with Crippen molar-refractivity contribution in [3.63, 3.8) is 0 Å². The van der Waals surface area contributed by atoms with Crippen molar-refractivity contribution in [2.75, 3.05) is 18.9 Å². The molecule has 5 N–H and O–H groups in total. The van der Waals surface area contributed by atoms with E-state index in [1.165, 1.54) is 0 Å². The summed E-state index contributed by atoms with van der Waals surface area (Å²) in [5, 5.41) is 14.4. The van der Waals surface area contributed by atoms with Gasteiger partial charge >= 0.3 is 0 Å². The van der Waals surface area contributed by atoms with Gasteiger partial charge in [0.2, 0.25) is 0 Å². The fraction of sp³-hybridized carbons (Fsp3) is 0.188. The van der Waals surface area contributed by atoms with Gasteiger partial charge in [0, 0.05) is 19.3 Å². The fourth-order valence-electron chi connectivity index (χ4n) is 1.67. The summed E-state index contributed by atoms with van der Waals surface area (Å²) in [6, 6.07) is 9.70. The van der Waals surface area contributed by atoms with Gasteiger partial charge in [-0.1, -0.05) is 24.8 Å². The lowest BCUT2D eigenvalue weighted by molar-refractivity contribution is 1.08. The minimum Gasteiger partial charge on any atom is -0.394 e. The molecular formula is C16H22N4. The van der Waals surface area contributed by atoms with E-state index < -0.39 is 0 Å². The molecule has 0 fully saturated rings. The molecule has 4 nitrogen and oxygen atoms in total. The van der Waals surface area contributed by atoms with Crippen LogP contribution >= 0.6 is 0 Å². The van der Waals surface area contributed by atoms with E-state index >= 15 is 0 Å². The predicted molar refractivity (Wildman–Crippen MR) is 86.9 cm³/mol. The van der Waals surface area contributed by atoms with Crippen molar-refractivity contribution >= 4 is 11.4 Å². The van der Waals surface area contributed by atoms with Crippen LogP contribution in [0, 0.1) is 5.41 Å². The maximum Gasteiger partial charge on any atom is 0.0841 e. The number of hydrogen-bond donors (Lipinski definition) is 4. The van der Waals surface area contributed by atoms with Crippen molar-refractivity contribution in [2.24, 2.45) is 5.73 Å². The van der Waals surface area contributed by atoms with Crippen LogP contribution in [0.4, 0.5) is 5.69 Å². The molecule has 0 aliphatic heterocycles. The minimum absolute atomic E-state index is 0.336. The summed E-state index contributed by atoms with van der Waals surface area (Å²) in [6.07, 6.45) is 3.60. The second-order valence-electron chi connectivity index (χ2n) is 4.31. The van der Waals surface area contributed by atoms with Gasteiger partial charge in [-0.15, -0.1) is 0 Å². The molecular weight excluding hydrogens is 248 g/mol. The van der Waals surface area contributed by atoms with E-state index in [2.05, 4.69) is 17.2 Å². The molecule has 1 aromatic rings. The summed E-state index contributed by atoms with van der Waals surface area (Å²) in [4.78, 5) is 0. The smallest absolute Gasteiger partial charge is 0.0841 e. The number of hydrogen-bond acceptors (Lipinski definition) is 4. The van der Waals surface area contributed by atoms with Crippen molar-refractivity contribution in [2.45, 2.75) is 6.92 Å². The summed E-state index contributed by atoms with van der Waals surface area (Å²) in [5.74, 6) is 0. The largest absolute Gasteiger partial charge is 0.394 e. The van der Waals surface area contributed by atoms with Gasteiger partial charge in [0.05, 0.1) is 11.4 Å². The molecule has 20 heavy (non-hydrogen) atoms. The van der Waals surface area contributed by atoms with Crippen molar-refractivity contribution in [3.8, 4) is 0 Å². The van der Waals surface area contributed by atoms with Crippen LogP contribution in [0.3, 0.4) is 0 Å². The molecule has 106 valence electrons. The molecule has 0 atom stereocenters. The molecule has 0 saturated carbocycles. The van der Waals surface area contributed by atoms with Gasteiger partial charge in [0.1, 0.15) is 0 Å².